The topological polar surface area (TPSA) is 12.0 Å². The molecule has 0 aliphatic heterocycles. The summed E-state index contributed by atoms with van der Waals surface area (Å²) in [4.78, 5) is 0. The molecular formula is C13H28NP. The Labute approximate surface area is 98.3 Å². The van der Waals surface area contributed by atoms with Gasteiger partial charge < -0.3 is 5.32 Å². The summed E-state index contributed by atoms with van der Waals surface area (Å²) in [7, 11) is 2.89. The second kappa shape index (κ2) is 7.41. The van der Waals surface area contributed by atoms with Crippen molar-refractivity contribution >= 4 is 9.24 Å². The Bertz CT molecular complexity index is 177. The van der Waals surface area contributed by atoms with E-state index in [1.54, 1.807) is 0 Å². The zero-order valence-electron chi connectivity index (χ0n) is 10.8. The van der Waals surface area contributed by atoms with Gasteiger partial charge in [-0.15, -0.1) is 15.8 Å². The Morgan fingerprint density at radius 3 is 2.40 bits per heavy atom. The molecule has 0 aromatic heterocycles. The molecule has 0 bridgehead atoms. The van der Waals surface area contributed by atoms with Gasteiger partial charge in [0.05, 0.1) is 0 Å². The molecule has 0 aliphatic rings. The zero-order valence-corrected chi connectivity index (χ0v) is 12.0. The molecule has 3 unspecified atom stereocenters. The molecule has 0 spiro atoms. The van der Waals surface area contributed by atoms with Crippen molar-refractivity contribution in [2.24, 2.45) is 5.41 Å². The van der Waals surface area contributed by atoms with E-state index in [9.17, 15) is 0 Å². The number of nitrogens with one attached hydrogen (secondary N) is 1. The Kier molecular flexibility index (Phi) is 7.48. The molecule has 0 aliphatic carbocycles. The molecule has 0 fully saturated rings. The zero-order chi connectivity index (χ0) is 11.9. The van der Waals surface area contributed by atoms with Crippen LogP contribution in [0.25, 0.3) is 0 Å². The van der Waals surface area contributed by atoms with Gasteiger partial charge in [0.15, 0.2) is 0 Å². The van der Waals surface area contributed by atoms with Crippen LogP contribution in [0.2, 0.25) is 0 Å². The second-order valence-electron chi connectivity index (χ2n) is 5.00. The van der Waals surface area contributed by atoms with E-state index < -0.39 is 0 Å². The largest absolute Gasteiger partial charge is 0.313 e. The average molecular weight is 229 g/mol. The highest BCUT2D eigenvalue weighted by Gasteiger charge is 2.25. The van der Waals surface area contributed by atoms with Gasteiger partial charge in [-0.1, -0.05) is 33.8 Å². The third-order valence-electron chi connectivity index (χ3n) is 3.36. The van der Waals surface area contributed by atoms with Crippen LogP contribution in [-0.4, -0.2) is 18.2 Å². The van der Waals surface area contributed by atoms with E-state index in [2.05, 4.69) is 48.8 Å². The van der Waals surface area contributed by atoms with Gasteiger partial charge in [-0.25, -0.2) is 0 Å². The predicted molar refractivity (Wildman–Crippen MR) is 74.5 cm³/mol. The fraction of sp³-hybridized carbons (Fsp3) is 0.846. The smallest absolute Gasteiger partial charge is 0.0116 e. The first-order chi connectivity index (χ1) is 6.97. The molecule has 0 aromatic rings. The Balaban J connectivity index is 4.05. The lowest BCUT2D eigenvalue weighted by Crippen LogP contribution is -2.43. The maximum absolute atomic E-state index is 3.77. The molecule has 0 aromatic carbocycles. The molecule has 2 heteroatoms. The van der Waals surface area contributed by atoms with Gasteiger partial charge in [0.1, 0.15) is 0 Å². The van der Waals surface area contributed by atoms with Gasteiger partial charge in [-0.3, -0.25) is 0 Å². The van der Waals surface area contributed by atoms with Crippen molar-refractivity contribution in [3.63, 3.8) is 0 Å². The van der Waals surface area contributed by atoms with Crippen LogP contribution in [0.5, 0.6) is 0 Å². The normalized spacial score (nSPS) is 16.1. The lowest BCUT2D eigenvalue weighted by atomic mass is 9.80. The van der Waals surface area contributed by atoms with Crippen LogP contribution in [0.4, 0.5) is 0 Å². The van der Waals surface area contributed by atoms with Gasteiger partial charge in [-0.2, -0.15) is 0 Å². The molecule has 1 N–H and O–H groups in total. The summed E-state index contributed by atoms with van der Waals surface area (Å²) in [6.45, 7) is 14.1. The van der Waals surface area contributed by atoms with E-state index in [1.165, 1.54) is 12.8 Å². The summed E-state index contributed by atoms with van der Waals surface area (Å²) in [5.74, 6) is 0. The highest BCUT2D eigenvalue weighted by Crippen LogP contribution is 2.26. The van der Waals surface area contributed by atoms with Crippen LogP contribution in [0, 0.1) is 5.41 Å². The maximum Gasteiger partial charge on any atom is 0.0116 e. The summed E-state index contributed by atoms with van der Waals surface area (Å²) in [6.07, 6.45) is 5.49. The fourth-order valence-electron chi connectivity index (χ4n) is 1.81. The van der Waals surface area contributed by atoms with Crippen LogP contribution >= 0.6 is 9.24 Å². The van der Waals surface area contributed by atoms with E-state index in [0.717, 1.165) is 13.0 Å². The fourth-order valence-corrected chi connectivity index (χ4v) is 2.14. The Morgan fingerprint density at radius 2 is 2.00 bits per heavy atom. The molecule has 90 valence electrons. The van der Waals surface area contributed by atoms with E-state index in [1.807, 2.05) is 6.08 Å². The number of hydrogen-bond acceptors (Lipinski definition) is 1. The van der Waals surface area contributed by atoms with Crippen molar-refractivity contribution in [2.75, 3.05) is 6.54 Å². The van der Waals surface area contributed by atoms with Gasteiger partial charge in [0.2, 0.25) is 0 Å². The summed E-state index contributed by atoms with van der Waals surface area (Å²) < 4.78 is 0. The summed E-state index contributed by atoms with van der Waals surface area (Å²) in [6, 6.07) is 0.621. The van der Waals surface area contributed by atoms with E-state index >= 15 is 0 Å². The van der Waals surface area contributed by atoms with Crippen LogP contribution < -0.4 is 5.32 Å². The van der Waals surface area contributed by atoms with Gasteiger partial charge in [-0.05, 0) is 30.3 Å². The van der Waals surface area contributed by atoms with Crippen LogP contribution in [0.15, 0.2) is 12.7 Å². The molecule has 0 radical (unpaired) electrons. The van der Waals surface area contributed by atoms with E-state index in [-0.39, 0.29) is 0 Å². The Morgan fingerprint density at radius 1 is 1.40 bits per heavy atom. The molecule has 1 nitrogen and oxygen atoms in total. The molecular weight excluding hydrogens is 201 g/mol. The number of rotatable bonds is 8. The van der Waals surface area contributed by atoms with Gasteiger partial charge >= 0.3 is 0 Å². The quantitative estimate of drug-likeness (QED) is 0.495. The monoisotopic (exact) mass is 229 g/mol. The van der Waals surface area contributed by atoms with Crippen molar-refractivity contribution < 1.29 is 0 Å². The summed E-state index contributed by atoms with van der Waals surface area (Å²) in [5.41, 5.74) is 1.01. The first-order valence-electron chi connectivity index (χ1n) is 6.07. The number of hydrogen-bond donors (Lipinski definition) is 1. The first kappa shape index (κ1) is 15.1. The molecule has 15 heavy (non-hydrogen) atoms. The maximum atomic E-state index is 3.77. The Hall–Kier alpha value is 0.130. The van der Waals surface area contributed by atoms with Crippen LogP contribution in [0.1, 0.15) is 47.0 Å². The lowest BCUT2D eigenvalue weighted by Gasteiger charge is -2.34. The van der Waals surface area contributed by atoms with Crippen molar-refractivity contribution in [1.29, 1.82) is 0 Å². The van der Waals surface area contributed by atoms with Gasteiger partial charge in [0.25, 0.3) is 0 Å². The standard InChI is InChI=1S/C13H28NP/c1-6-9-11(15)10-14-12(7-2)13(4,5)8-3/h6,11-12,14H,1,7-10,15H2,2-5H3. The van der Waals surface area contributed by atoms with E-state index in [0.29, 0.717) is 17.1 Å². The molecule has 0 saturated heterocycles. The number of allylic oxidation sites excluding steroid dienone is 1. The van der Waals surface area contributed by atoms with Gasteiger partial charge in [0, 0.05) is 12.6 Å². The second-order valence-corrected chi connectivity index (χ2v) is 5.94. The van der Waals surface area contributed by atoms with Crippen molar-refractivity contribution in [3.8, 4) is 0 Å². The minimum atomic E-state index is 0.396. The molecule has 0 amide bonds. The first-order valence-corrected chi connectivity index (χ1v) is 6.74. The van der Waals surface area contributed by atoms with Crippen molar-refractivity contribution in [1.82, 2.24) is 5.32 Å². The van der Waals surface area contributed by atoms with E-state index in [4.69, 9.17) is 0 Å². The third-order valence-corrected chi connectivity index (χ3v) is 3.87. The molecule has 3 atom stereocenters. The summed E-state index contributed by atoms with van der Waals surface area (Å²) >= 11 is 0. The SMILES string of the molecule is C=CCC(P)CNC(CC)C(C)(C)CC. The lowest BCUT2D eigenvalue weighted by molar-refractivity contribution is 0.226. The molecule has 0 rings (SSSR count). The molecule has 0 saturated carbocycles. The molecule has 0 heterocycles. The predicted octanol–water partition coefficient (Wildman–Crippen LogP) is 3.61. The third kappa shape index (κ3) is 5.68. The van der Waals surface area contributed by atoms with Crippen LogP contribution in [-0.2, 0) is 0 Å². The highest BCUT2D eigenvalue weighted by molar-refractivity contribution is 7.17. The van der Waals surface area contributed by atoms with Crippen molar-refractivity contribution in [2.45, 2.75) is 58.7 Å². The van der Waals surface area contributed by atoms with Crippen molar-refractivity contribution in [3.05, 3.63) is 12.7 Å². The highest BCUT2D eigenvalue weighted by atomic mass is 31.0. The minimum absolute atomic E-state index is 0.396. The summed E-state index contributed by atoms with van der Waals surface area (Å²) in [5, 5.41) is 3.68. The minimum Gasteiger partial charge on any atom is -0.313 e. The average Bonchev–Trinajstić information content (AvgIpc) is 2.19. The van der Waals surface area contributed by atoms with Crippen LogP contribution in [0.3, 0.4) is 0 Å².